The Morgan fingerprint density at radius 1 is 1.40 bits per heavy atom. The molecule has 1 unspecified atom stereocenters. The molecule has 0 saturated carbocycles. The molecule has 180 valence electrons. The first-order valence-electron chi connectivity index (χ1n) is 9.69. The second-order valence-electron chi connectivity index (χ2n) is 6.93. The lowest BCUT2D eigenvalue weighted by atomic mass is 10.0. The number of amides is 2. The smallest absolute Gasteiger partial charge is 0.353 e. The van der Waals surface area contributed by atoms with Crippen LogP contribution in [0.25, 0.3) is 10.3 Å². The van der Waals surface area contributed by atoms with Gasteiger partial charge in [-0.25, -0.2) is 14.8 Å². The predicted molar refractivity (Wildman–Crippen MR) is 131 cm³/mol. The van der Waals surface area contributed by atoms with Crippen LogP contribution >= 0.6 is 46.4 Å². The fourth-order valence-corrected chi connectivity index (χ4v) is 7.44. The summed E-state index contributed by atoms with van der Waals surface area (Å²) in [6, 6.07) is 2.64. The zero-order valence-corrected chi connectivity index (χ0v) is 20.8. The number of hydrogen-bond acceptors (Lipinski definition) is 14. The number of hydrogen-bond donors (Lipinski definition) is 3. The number of aliphatic carboxylic acids is 1. The first-order valence-corrected chi connectivity index (χ1v) is 13.1. The fourth-order valence-electron chi connectivity index (χ4n) is 3.38. The van der Waals surface area contributed by atoms with Gasteiger partial charge in [0.05, 0.1) is 0 Å². The van der Waals surface area contributed by atoms with Gasteiger partial charge in [-0.3, -0.25) is 14.5 Å². The van der Waals surface area contributed by atoms with Crippen molar-refractivity contribution in [1.29, 1.82) is 0 Å². The maximum atomic E-state index is 13.0. The number of thiazole rings is 1. The monoisotopic (exact) mass is 550 g/mol. The van der Waals surface area contributed by atoms with Crippen LogP contribution in [0.1, 0.15) is 5.82 Å². The Labute approximate surface area is 213 Å². The zero-order chi connectivity index (χ0) is 24.7. The van der Waals surface area contributed by atoms with E-state index in [0.29, 0.717) is 20.5 Å². The summed E-state index contributed by atoms with van der Waals surface area (Å²) in [6.07, 6.45) is 1.66. The maximum Gasteiger partial charge on any atom is 0.353 e. The molecule has 0 aliphatic carbocycles. The molecule has 4 N–H and O–H groups in total. The summed E-state index contributed by atoms with van der Waals surface area (Å²) in [7, 11) is 1.25. The number of aromatic nitrogens is 4. The lowest BCUT2D eigenvalue weighted by Gasteiger charge is -2.49. The molecule has 2 aliphatic rings. The van der Waals surface area contributed by atoms with E-state index in [0.717, 1.165) is 16.4 Å². The number of pyridine rings is 1. The van der Waals surface area contributed by atoms with Crippen molar-refractivity contribution in [2.24, 2.45) is 5.16 Å². The molecular formula is C18H14N8O5S4. The van der Waals surface area contributed by atoms with Crippen LogP contribution in [0.15, 0.2) is 38.4 Å². The number of nitrogens with two attached hydrogens (primary N) is 1. The Bertz CT molecular complexity index is 1390. The number of anilines is 1. The van der Waals surface area contributed by atoms with E-state index >= 15 is 0 Å². The molecule has 0 bridgehead atoms. The van der Waals surface area contributed by atoms with Crippen LogP contribution < -0.4 is 11.1 Å². The summed E-state index contributed by atoms with van der Waals surface area (Å²) < 4.78 is 4.57. The number of nitrogen functional groups attached to an aromatic ring is 1. The average Bonchev–Trinajstić information content (AvgIpc) is 3.45. The van der Waals surface area contributed by atoms with Crippen LogP contribution in [0.3, 0.4) is 0 Å². The molecule has 1 fully saturated rings. The topological polar surface area (TPSA) is 186 Å². The van der Waals surface area contributed by atoms with Gasteiger partial charge in [-0.2, -0.15) is 9.36 Å². The number of fused-ring (bicyclic) bond motifs is 2. The van der Waals surface area contributed by atoms with Crippen LogP contribution in [-0.2, 0) is 19.2 Å². The van der Waals surface area contributed by atoms with Crippen molar-refractivity contribution in [1.82, 2.24) is 29.5 Å². The van der Waals surface area contributed by atoms with Crippen LogP contribution in [0.4, 0.5) is 5.13 Å². The highest BCUT2D eigenvalue weighted by atomic mass is 32.2. The highest BCUT2D eigenvalue weighted by Gasteiger charge is 2.54. The van der Waals surface area contributed by atoms with Crippen LogP contribution in [0.5, 0.6) is 0 Å². The summed E-state index contributed by atoms with van der Waals surface area (Å²) >= 11 is 4.75. The highest BCUT2D eigenvalue weighted by molar-refractivity contribution is 8.07. The van der Waals surface area contributed by atoms with Crippen molar-refractivity contribution in [3.05, 3.63) is 34.8 Å². The van der Waals surface area contributed by atoms with Gasteiger partial charge in [0.2, 0.25) is 11.5 Å². The largest absolute Gasteiger partial charge is 0.477 e. The summed E-state index contributed by atoms with van der Waals surface area (Å²) in [5, 5.41) is 15.7. The first-order chi connectivity index (χ1) is 16.9. The highest BCUT2D eigenvalue weighted by Crippen LogP contribution is 2.46. The lowest BCUT2D eigenvalue weighted by molar-refractivity contribution is -0.150. The van der Waals surface area contributed by atoms with Gasteiger partial charge < -0.3 is 21.0 Å². The molecule has 5 heterocycles. The lowest BCUT2D eigenvalue weighted by Crippen LogP contribution is -2.71. The summed E-state index contributed by atoms with van der Waals surface area (Å²) in [5.41, 5.74) is 5.92. The molecule has 1 saturated heterocycles. The predicted octanol–water partition coefficient (Wildman–Crippen LogP) is 0.964. The number of nitrogens with zero attached hydrogens (tertiary/aromatic N) is 6. The Balaban J connectivity index is 1.36. The fraction of sp³-hybridized carbons (Fsp3) is 0.222. The molecule has 17 heteroatoms. The van der Waals surface area contributed by atoms with Gasteiger partial charge in [-0.15, -0.1) is 11.8 Å². The third-order valence-corrected chi connectivity index (χ3v) is 8.96. The standard InChI is InChI=1S/C18H14N8O5S4/c1-31-24-8(11-23-17(19)35-25-11)12(27)22-9-14(28)26-10(16(29)30)7(5-32-15(9)26)33-18-21-6-3-2-4-20-13(6)34-18/h2-4,9,15H,5H2,1H3,(H,22,27)(H,29,30)(H2,19,23,25)/b24-8-/t9?,15-/m0/s1. The molecule has 5 rings (SSSR count). The van der Waals surface area contributed by atoms with Crippen LogP contribution in [0, 0.1) is 0 Å². The third kappa shape index (κ3) is 4.30. The molecule has 13 nitrogen and oxygen atoms in total. The van der Waals surface area contributed by atoms with Gasteiger partial charge in [0.15, 0.2) is 9.47 Å². The van der Waals surface area contributed by atoms with E-state index < -0.39 is 29.2 Å². The minimum atomic E-state index is -1.24. The Morgan fingerprint density at radius 3 is 2.91 bits per heavy atom. The number of oxime groups is 1. The number of rotatable bonds is 7. The molecule has 0 radical (unpaired) electrons. The van der Waals surface area contributed by atoms with Crippen molar-refractivity contribution in [3.8, 4) is 0 Å². The summed E-state index contributed by atoms with van der Waals surface area (Å²) in [5.74, 6) is -2.26. The number of β-lactam (4-membered cyclic amide) rings is 1. The zero-order valence-electron chi connectivity index (χ0n) is 17.6. The van der Waals surface area contributed by atoms with Gasteiger partial charge in [-0.05, 0) is 12.1 Å². The quantitative estimate of drug-likeness (QED) is 0.215. The third-order valence-electron chi connectivity index (χ3n) is 4.83. The minimum absolute atomic E-state index is 0.0399. The van der Waals surface area contributed by atoms with Gasteiger partial charge in [0.1, 0.15) is 34.6 Å². The second kappa shape index (κ2) is 9.40. The number of carboxylic acid groups (broad SMARTS) is 1. The van der Waals surface area contributed by atoms with Crippen molar-refractivity contribution in [2.45, 2.75) is 15.8 Å². The maximum absolute atomic E-state index is 13.0. The van der Waals surface area contributed by atoms with E-state index in [2.05, 4.69) is 29.8 Å². The summed E-state index contributed by atoms with van der Waals surface area (Å²) in [6.45, 7) is 0. The van der Waals surface area contributed by atoms with E-state index in [4.69, 9.17) is 10.6 Å². The van der Waals surface area contributed by atoms with Crippen molar-refractivity contribution < 1.29 is 24.3 Å². The van der Waals surface area contributed by atoms with E-state index in [1.165, 1.54) is 46.9 Å². The molecule has 2 amide bonds. The number of carbonyl (C=O) groups is 3. The molecule has 35 heavy (non-hydrogen) atoms. The van der Waals surface area contributed by atoms with Gasteiger partial charge in [0.25, 0.3) is 11.8 Å². The number of nitrogens with one attached hydrogen (secondary N) is 1. The Hall–Kier alpha value is -3.28. The van der Waals surface area contributed by atoms with Gasteiger partial charge in [-0.1, -0.05) is 28.3 Å². The second-order valence-corrected chi connectivity index (χ2v) is 11.1. The van der Waals surface area contributed by atoms with Crippen LogP contribution in [-0.4, -0.2) is 77.1 Å². The number of carbonyl (C=O) groups excluding carboxylic acids is 2. The molecule has 3 aromatic rings. The van der Waals surface area contributed by atoms with E-state index in [9.17, 15) is 19.5 Å². The average molecular weight is 551 g/mol. The first kappa shape index (κ1) is 23.5. The molecule has 0 aromatic carbocycles. The molecule has 2 atom stereocenters. The van der Waals surface area contributed by atoms with Gasteiger partial charge >= 0.3 is 5.97 Å². The van der Waals surface area contributed by atoms with Crippen molar-refractivity contribution in [2.75, 3.05) is 18.6 Å². The van der Waals surface area contributed by atoms with E-state index in [1.807, 2.05) is 6.07 Å². The van der Waals surface area contributed by atoms with E-state index in [1.54, 1.807) is 12.3 Å². The number of carboxylic acids is 1. The minimum Gasteiger partial charge on any atom is -0.477 e. The van der Waals surface area contributed by atoms with Gasteiger partial charge in [0, 0.05) is 28.4 Å². The SMILES string of the molecule is CO/N=C(\C(=O)NC1C(=O)N2C(C(=O)O)=C(Sc3nc4cccnc4s3)CS[C@@H]12)c1nsc(N)n1. The van der Waals surface area contributed by atoms with Crippen molar-refractivity contribution in [3.63, 3.8) is 0 Å². The van der Waals surface area contributed by atoms with Crippen LogP contribution in [0.2, 0.25) is 0 Å². The molecule has 2 aliphatic heterocycles. The normalized spacial score (nSPS) is 20.0. The number of thioether (sulfide) groups is 2. The van der Waals surface area contributed by atoms with E-state index in [-0.39, 0.29) is 22.4 Å². The molecular weight excluding hydrogens is 537 g/mol. The molecule has 3 aromatic heterocycles. The van der Waals surface area contributed by atoms with Crippen molar-refractivity contribution >= 4 is 85.4 Å². The Morgan fingerprint density at radius 2 is 2.23 bits per heavy atom. The molecule has 0 spiro atoms. The summed E-state index contributed by atoms with van der Waals surface area (Å²) in [4.78, 5) is 57.6. The Kier molecular flexibility index (Phi) is 6.30.